The predicted molar refractivity (Wildman–Crippen MR) is 129 cm³/mol. The molecule has 1 N–H and O–H groups in total. The van der Waals surface area contributed by atoms with E-state index in [0.717, 1.165) is 47.8 Å². The van der Waals surface area contributed by atoms with E-state index in [2.05, 4.69) is 20.7 Å². The average molecular weight is 521 g/mol. The number of fused-ring (bicyclic) bond motifs is 1. The molecule has 0 saturated heterocycles. The maximum atomic E-state index is 12.9. The van der Waals surface area contributed by atoms with Gasteiger partial charge in [0.1, 0.15) is 5.75 Å². The number of rotatable bonds is 6. The van der Waals surface area contributed by atoms with Crippen LogP contribution in [0.2, 0.25) is 0 Å². The number of anilines is 1. The first-order valence-corrected chi connectivity index (χ1v) is 13.4. The van der Waals surface area contributed by atoms with E-state index in [9.17, 15) is 13.2 Å². The highest BCUT2D eigenvalue weighted by atomic mass is 79.9. The van der Waals surface area contributed by atoms with Crippen molar-refractivity contribution in [2.24, 2.45) is 0 Å². The zero-order valence-electron chi connectivity index (χ0n) is 18.4. The predicted octanol–water partition coefficient (Wildman–Crippen LogP) is 4.73. The lowest BCUT2D eigenvalue weighted by Crippen LogP contribution is -2.39. The van der Waals surface area contributed by atoms with Gasteiger partial charge in [0.05, 0.1) is 4.90 Å². The van der Waals surface area contributed by atoms with Crippen molar-refractivity contribution < 1.29 is 17.9 Å². The molecule has 0 spiro atoms. The molecule has 172 valence electrons. The lowest BCUT2D eigenvalue weighted by atomic mass is 9.96. The third-order valence-corrected chi connectivity index (χ3v) is 8.27. The van der Waals surface area contributed by atoms with Crippen molar-refractivity contribution >= 4 is 37.5 Å². The Bertz CT molecular complexity index is 1110. The summed E-state index contributed by atoms with van der Waals surface area (Å²) in [4.78, 5) is 14.9. The van der Waals surface area contributed by atoms with Gasteiger partial charge in [-0.2, -0.15) is 0 Å². The van der Waals surface area contributed by atoms with Gasteiger partial charge in [-0.25, -0.2) is 13.1 Å². The van der Waals surface area contributed by atoms with Gasteiger partial charge in [-0.15, -0.1) is 0 Å². The number of halogens is 1. The molecule has 4 rings (SSSR count). The molecule has 2 aliphatic rings. The molecule has 0 unspecified atom stereocenters. The normalized spacial score (nSPS) is 19.1. The van der Waals surface area contributed by atoms with Gasteiger partial charge in [0, 0.05) is 22.2 Å². The van der Waals surface area contributed by atoms with Crippen molar-refractivity contribution in [1.29, 1.82) is 0 Å². The number of aryl methyl sites for hydroxylation is 1. The van der Waals surface area contributed by atoms with Gasteiger partial charge < -0.3 is 9.64 Å². The molecule has 1 heterocycles. The molecular weight excluding hydrogens is 492 g/mol. The molecule has 1 atom stereocenters. The molecule has 0 bridgehead atoms. The second kappa shape index (κ2) is 9.53. The van der Waals surface area contributed by atoms with Crippen LogP contribution in [0, 0.1) is 6.92 Å². The van der Waals surface area contributed by atoms with Gasteiger partial charge in [0.25, 0.3) is 5.91 Å². The van der Waals surface area contributed by atoms with Crippen LogP contribution >= 0.6 is 15.9 Å². The van der Waals surface area contributed by atoms with Crippen molar-refractivity contribution in [2.45, 2.75) is 69.4 Å². The second-order valence-electron chi connectivity index (χ2n) is 8.76. The molecule has 1 amide bonds. The monoisotopic (exact) mass is 520 g/mol. The molecule has 0 aromatic heterocycles. The maximum Gasteiger partial charge on any atom is 0.265 e. The van der Waals surface area contributed by atoms with Gasteiger partial charge in [-0.1, -0.05) is 35.2 Å². The van der Waals surface area contributed by atoms with Gasteiger partial charge in [0.15, 0.2) is 6.61 Å². The van der Waals surface area contributed by atoms with Crippen molar-refractivity contribution in [3.05, 3.63) is 52.0 Å². The molecule has 1 fully saturated rings. The summed E-state index contributed by atoms with van der Waals surface area (Å²) in [5.74, 6) is 0.395. The van der Waals surface area contributed by atoms with E-state index in [4.69, 9.17) is 4.74 Å². The Kier molecular flexibility index (Phi) is 6.93. The highest BCUT2D eigenvalue weighted by Crippen LogP contribution is 2.34. The Morgan fingerprint density at radius 1 is 1.16 bits per heavy atom. The minimum Gasteiger partial charge on any atom is -0.483 e. The van der Waals surface area contributed by atoms with Crippen LogP contribution in [0.25, 0.3) is 0 Å². The Labute approximate surface area is 198 Å². The molecule has 32 heavy (non-hydrogen) atoms. The molecule has 6 nitrogen and oxygen atoms in total. The third kappa shape index (κ3) is 5.02. The first-order valence-electron chi connectivity index (χ1n) is 11.1. The molecule has 8 heteroatoms. The maximum absolute atomic E-state index is 12.9. The van der Waals surface area contributed by atoms with Crippen LogP contribution in [0.1, 0.15) is 50.2 Å². The summed E-state index contributed by atoms with van der Waals surface area (Å²) in [6, 6.07) is 10.8. The molecule has 2 aromatic rings. The van der Waals surface area contributed by atoms with Crippen molar-refractivity contribution in [3.63, 3.8) is 0 Å². The number of nitrogens with one attached hydrogen (secondary N) is 1. The standard InChI is InChI=1S/C24H29BrN2O4S/c1-16-12-21(32(29,30)26-20-6-4-3-5-7-20)9-11-23(16)31-15-24(28)27-17(2)13-18-14-19(25)8-10-22(18)27/h8-12,14,17,20,26H,3-7,13,15H2,1-2H3/t17-/m1/s1. The fraction of sp³-hybridized carbons (Fsp3) is 0.458. The Morgan fingerprint density at radius 3 is 2.62 bits per heavy atom. The molecule has 1 aliphatic carbocycles. The van der Waals surface area contributed by atoms with E-state index in [0.29, 0.717) is 11.3 Å². The van der Waals surface area contributed by atoms with Gasteiger partial charge in [-0.05, 0) is 80.6 Å². The summed E-state index contributed by atoms with van der Waals surface area (Å²) >= 11 is 3.48. The van der Waals surface area contributed by atoms with E-state index < -0.39 is 10.0 Å². The quantitative estimate of drug-likeness (QED) is 0.597. The fourth-order valence-corrected chi connectivity index (χ4v) is 6.45. The minimum absolute atomic E-state index is 0.00792. The van der Waals surface area contributed by atoms with E-state index in [-0.39, 0.29) is 29.5 Å². The summed E-state index contributed by atoms with van der Waals surface area (Å²) in [5, 5.41) is 0. The second-order valence-corrected chi connectivity index (χ2v) is 11.4. The highest BCUT2D eigenvalue weighted by molar-refractivity contribution is 9.10. The molecule has 1 aliphatic heterocycles. The zero-order valence-corrected chi connectivity index (χ0v) is 20.8. The van der Waals surface area contributed by atoms with Crippen LogP contribution < -0.4 is 14.4 Å². The van der Waals surface area contributed by atoms with Crippen LogP contribution in [0.15, 0.2) is 45.8 Å². The van der Waals surface area contributed by atoms with Gasteiger partial charge in [0.2, 0.25) is 10.0 Å². The summed E-state index contributed by atoms with van der Waals surface area (Å²) in [7, 11) is -3.57. The number of sulfonamides is 1. The smallest absolute Gasteiger partial charge is 0.265 e. The van der Waals surface area contributed by atoms with Gasteiger partial charge >= 0.3 is 0 Å². The van der Waals surface area contributed by atoms with E-state index in [1.807, 2.05) is 25.1 Å². The lowest BCUT2D eigenvalue weighted by Gasteiger charge is -2.23. The average Bonchev–Trinajstić information content (AvgIpc) is 3.07. The van der Waals surface area contributed by atoms with E-state index >= 15 is 0 Å². The zero-order chi connectivity index (χ0) is 22.9. The lowest BCUT2D eigenvalue weighted by molar-refractivity contribution is -0.120. The summed E-state index contributed by atoms with van der Waals surface area (Å²) < 4.78 is 35.2. The fourth-order valence-electron chi connectivity index (χ4n) is 4.65. The summed E-state index contributed by atoms with van der Waals surface area (Å²) in [6.07, 6.45) is 5.86. The molecule has 0 radical (unpaired) electrons. The number of hydrogen-bond donors (Lipinski definition) is 1. The first kappa shape index (κ1) is 23.3. The van der Waals surface area contributed by atoms with Gasteiger partial charge in [-0.3, -0.25) is 4.79 Å². The van der Waals surface area contributed by atoms with Crippen LogP contribution in [-0.2, 0) is 21.2 Å². The van der Waals surface area contributed by atoms with Crippen LogP contribution in [-0.4, -0.2) is 33.0 Å². The van der Waals surface area contributed by atoms with Crippen LogP contribution in [0.5, 0.6) is 5.75 Å². The Hall–Kier alpha value is -1.90. The van der Waals surface area contributed by atoms with Crippen LogP contribution in [0.4, 0.5) is 5.69 Å². The number of benzene rings is 2. The summed E-state index contributed by atoms with van der Waals surface area (Å²) in [6.45, 7) is 3.72. The Balaban J connectivity index is 1.42. The van der Waals surface area contributed by atoms with E-state index in [1.165, 1.54) is 6.42 Å². The number of carbonyl (C=O) groups excluding carboxylic acids is 1. The third-order valence-electron chi connectivity index (χ3n) is 6.26. The Morgan fingerprint density at radius 2 is 1.91 bits per heavy atom. The van der Waals surface area contributed by atoms with Crippen LogP contribution in [0.3, 0.4) is 0 Å². The number of nitrogens with zero attached hydrogens (tertiary/aromatic N) is 1. The van der Waals surface area contributed by atoms with Crippen molar-refractivity contribution in [3.8, 4) is 5.75 Å². The van der Waals surface area contributed by atoms with E-state index in [1.54, 1.807) is 30.0 Å². The molecule has 2 aromatic carbocycles. The number of ether oxygens (including phenoxy) is 1. The van der Waals surface area contributed by atoms with Crippen molar-refractivity contribution in [2.75, 3.05) is 11.5 Å². The topological polar surface area (TPSA) is 75.7 Å². The minimum atomic E-state index is -3.57. The molecule has 1 saturated carbocycles. The van der Waals surface area contributed by atoms with Crippen molar-refractivity contribution in [1.82, 2.24) is 4.72 Å². The highest BCUT2D eigenvalue weighted by Gasteiger charge is 2.31. The summed E-state index contributed by atoms with van der Waals surface area (Å²) in [5.41, 5.74) is 2.74. The molecular formula is C24H29BrN2O4S. The SMILES string of the molecule is Cc1cc(S(=O)(=O)NC2CCCCC2)ccc1OCC(=O)N1c2ccc(Br)cc2C[C@H]1C. The largest absolute Gasteiger partial charge is 0.483 e. The number of hydrogen-bond acceptors (Lipinski definition) is 4. The number of carbonyl (C=O) groups is 1. The first-order chi connectivity index (χ1) is 15.2. The number of amides is 1.